The lowest BCUT2D eigenvalue weighted by atomic mass is 9.99. The highest BCUT2D eigenvalue weighted by molar-refractivity contribution is 5.86. The molecule has 1 aromatic rings. The first-order valence-electron chi connectivity index (χ1n) is 7.55. The molecular formula is C16H18F4N2O3. The molecule has 1 fully saturated rings. The van der Waals surface area contributed by atoms with Gasteiger partial charge in [-0.3, -0.25) is 9.59 Å². The molecule has 25 heavy (non-hydrogen) atoms. The average molecular weight is 362 g/mol. The second-order valence-corrected chi connectivity index (χ2v) is 5.86. The molecule has 1 saturated heterocycles. The number of rotatable bonds is 6. The fraction of sp³-hybridized carbons (Fsp3) is 0.500. The second-order valence-electron chi connectivity index (χ2n) is 5.86. The van der Waals surface area contributed by atoms with E-state index in [4.69, 9.17) is 4.74 Å². The summed E-state index contributed by atoms with van der Waals surface area (Å²) in [7, 11) is 3.09. The zero-order valence-corrected chi connectivity index (χ0v) is 13.7. The third-order valence-electron chi connectivity index (χ3n) is 3.96. The normalized spacial score (nSPS) is 17.2. The van der Waals surface area contributed by atoms with Crippen LogP contribution in [0.15, 0.2) is 24.3 Å². The summed E-state index contributed by atoms with van der Waals surface area (Å²) in [6, 6.07) is 2.88. The van der Waals surface area contributed by atoms with Crippen LogP contribution in [-0.4, -0.2) is 61.3 Å². The smallest absolute Gasteiger partial charge is 0.349 e. The van der Waals surface area contributed by atoms with E-state index in [1.807, 2.05) is 0 Å². The molecule has 2 rings (SSSR count). The molecule has 9 heteroatoms. The van der Waals surface area contributed by atoms with Gasteiger partial charge in [-0.1, -0.05) is 0 Å². The largest absolute Gasteiger partial charge is 0.484 e. The molecule has 0 spiro atoms. The standard InChI is InChI=1S/C16H18F4N2O3/c1-21(2)13(23)9-25-11-5-3-10(4-6-11)16(19,20)15(24)22-8-7-12(22)14(17)18/h3-6,12,14H,7-9H2,1-2H3. The van der Waals surface area contributed by atoms with E-state index in [0.717, 1.165) is 12.1 Å². The van der Waals surface area contributed by atoms with Gasteiger partial charge in [0.15, 0.2) is 6.61 Å². The molecule has 0 bridgehead atoms. The first-order valence-corrected chi connectivity index (χ1v) is 7.55. The van der Waals surface area contributed by atoms with Gasteiger partial charge in [-0.15, -0.1) is 0 Å². The maximum Gasteiger partial charge on any atom is 0.349 e. The Morgan fingerprint density at radius 1 is 1.28 bits per heavy atom. The number of hydrogen-bond donors (Lipinski definition) is 0. The fourth-order valence-electron chi connectivity index (χ4n) is 2.26. The van der Waals surface area contributed by atoms with E-state index in [2.05, 4.69) is 0 Å². The number of halogens is 4. The predicted octanol–water partition coefficient (Wildman–Crippen LogP) is 2.11. The summed E-state index contributed by atoms with van der Waals surface area (Å²) in [5.41, 5.74) is -0.622. The van der Waals surface area contributed by atoms with Crippen molar-refractivity contribution in [3.05, 3.63) is 29.8 Å². The number of carbonyl (C=O) groups is 2. The van der Waals surface area contributed by atoms with Crippen LogP contribution in [0.2, 0.25) is 0 Å². The van der Waals surface area contributed by atoms with Crippen LogP contribution in [-0.2, 0) is 15.5 Å². The lowest BCUT2D eigenvalue weighted by Crippen LogP contribution is -2.58. The predicted molar refractivity (Wildman–Crippen MR) is 80.6 cm³/mol. The Morgan fingerprint density at radius 3 is 2.32 bits per heavy atom. The molecule has 2 amide bonds. The molecule has 1 aliphatic heterocycles. The minimum atomic E-state index is -3.91. The van der Waals surface area contributed by atoms with E-state index in [9.17, 15) is 27.2 Å². The lowest BCUT2D eigenvalue weighted by molar-refractivity contribution is -0.173. The van der Waals surface area contributed by atoms with Crippen LogP contribution >= 0.6 is 0 Å². The van der Waals surface area contributed by atoms with Crippen molar-refractivity contribution in [1.82, 2.24) is 9.80 Å². The number of nitrogens with zero attached hydrogens (tertiary/aromatic N) is 2. The number of likely N-dealkylation sites (tertiary alicyclic amines) is 1. The quantitative estimate of drug-likeness (QED) is 0.729. The summed E-state index contributed by atoms with van der Waals surface area (Å²) in [5, 5.41) is 0. The number of alkyl halides is 4. The molecule has 1 aromatic carbocycles. The summed E-state index contributed by atoms with van der Waals surface area (Å²) in [4.78, 5) is 25.1. The number of amides is 2. The van der Waals surface area contributed by atoms with E-state index in [1.54, 1.807) is 14.1 Å². The molecule has 0 saturated carbocycles. The summed E-state index contributed by atoms with van der Waals surface area (Å²) in [6.07, 6.45) is -2.84. The Labute approximate surface area is 142 Å². The summed E-state index contributed by atoms with van der Waals surface area (Å²) >= 11 is 0. The molecule has 0 N–H and O–H groups in total. The Kier molecular flexibility index (Phi) is 5.54. The SMILES string of the molecule is CN(C)C(=O)COc1ccc(C(F)(F)C(=O)N2CCC2C(F)F)cc1. The third-order valence-corrected chi connectivity index (χ3v) is 3.96. The molecule has 0 radical (unpaired) electrons. The fourth-order valence-corrected chi connectivity index (χ4v) is 2.26. The first-order chi connectivity index (χ1) is 11.6. The van der Waals surface area contributed by atoms with Gasteiger partial charge in [0.2, 0.25) is 0 Å². The van der Waals surface area contributed by atoms with Crippen molar-refractivity contribution >= 4 is 11.8 Å². The van der Waals surface area contributed by atoms with Crippen molar-refractivity contribution in [2.45, 2.75) is 24.8 Å². The molecule has 1 heterocycles. The number of hydrogen-bond acceptors (Lipinski definition) is 3. The van der Waals surface area contributed by atoms with Crippen molar-refractivity contribution in [3.63, 3.8) is 0 Å². The number of carbonyl (C=O) groups excluding carboxylic acids is 2. The summed E-state index contributed by atoms with van der Waals surface area (Å²) in [6.45, 7) is -0.372. The topological polar surface area (TPSA) is 49.9 Å². The molecule has 5 nitrogen and oxygen atoms in total. The van der Waals surface area contributed by atoms with Crippen LogP contribution in [0.4, 0.5) is 17.6 Å². The lowest BCUT2D eigenvalue weighted by Gasteiger charge is -2.41. The van der Waals surface area contributed by atoms with Gasteiger partial charge in [0.25, 0.3) is 18.2 Å². The molecule has 0 aliphatic carbocycles. The van der Waals surface area contributed by atoms with Gasteiger partial charge in [-0.05, 0) is 30.7 Å². The summed E-state index contributed by atoms with van der Waals surface area (Å²) in [5.74, 6) is -5.68. The Morgan fingerprint density at radius 2 is 1.88 bits per heavy atom. The van der Waals surface area contributed by atoms with Gasteiger partial charge in [0, 0.05) is 26.2 Å². The van der Waals surface area contributed by atoms with Crippen molar-refractivity contribution in [1.29, 1.82) is 0 Å². The van der Waals surface area contributed by atoms with Crippen LogP contribution < -0.4 is 4.74 Å². The van der Waals surface area contributed by atoms with Crippen LogP contribution in [0.3, 0.4) is 0 Å². The Hall–Kier alpha value is -2.32. The van der Waals surface area contributed by atoms with Gasteiger partial charge >= 0.3 is 5.92 Å². The highest BCUT2D eigenvalue weighted by Crippen LogP contribution is 2.35. The highest BCUT2D eigenvalue weighted by atomic mass is 19.3. The Bertz CT molecular complexity index is 635. The van der Waals surface area contributed by atoms with Crippen LogP contribution in [0, 0.1) is 0 Å². The van der Waals surface area contributed by atoms with Gasteiger partial charge in [-0.25, -0.2) is 8.78 Å². The van der Waals surface area contributed by atoms with E-state index >= 15 is 0 Å². The highest BCUT2D eigenvalue weighted by Gasteiger charge is 2.50. The van der Waals surface area contributed by atoms with Gasteiger partial charge in [0.1, 0.15) is 5.75 Å². The average Bonchev–Trinajstić information content (AvgIpc) is 2.51. The zero-order valence-electron chi connectivity index (χ0n) is 13.7. The van der Waals surface area contributed by atoms with E-state index in [0.29, 0.717) is 4.90 Å². The maximum absolute atomic E-state index is 14.3. The van der Waals surface area contributed by atoms with Crippen molar-refractivity contribution in [2.75, 3.05) is 27.2 Å². The van der Waals surface area contributed by atoms with Gasteiger partial charge in [-0.2, -0.15) is 8.78 Å². The number of benzene rings is 1. The van der Waals surface area contributed by atoms with Gasteiger partial charge < -0.3 is 14.5 Å². The zero-order chi connectivity index (χ0) is 18.8. The number of likely N-dealkylation sites (N-methyl/N-ethyl adjacent to an activating group) is 1. The van der Waals surface area contributed by atoms with Crippen LogP contribution in [0.1, 0.15) is 12.0 Å². The minimum absolute atomic E-state index is 0.00612. The minimum Gasteiger partial charge on any atom is -0.484 e. The van der Waals surface area contributed by atoms with Crippen LogP contribution in [0.25, 0.3) is 0 Å². The van der Waals surface area contributed by atoms with E-state index in [-0.39, 0.29) is 31.2 Å². The van der Waals surface area contributed by atoms with Crippen molar-refractivity contribution < 1.29 is 31.9 Å². The second kappa shape index (κ2) is 7.28. The van der Waals surface area contributed by atoms with Crippen molar-refractivity contribution in [2.24, 2.45) is 0 Å². The monoisotopic (exact) mass is 362 g/mol. The summed E-state index contributed by atoms with van der Waals surface area (Å²) < 4.78 is 59.0. The molecule has 0 aromatic heterocycles. The van der Waals surface area contributed by atoms with Crippen LogP contribution in [0.5, 0.6) is 5.75 Å². The third kappa shape index (κ3) is 4.02. The molecule has 1 aliphatic rings. The van der Waals surface area contributed by atoms with E-state index < -0.39 is 29.9 Å². The molecular weight excluding hydrogens is 344 g/mol. The maximum atomic E-state index is 14.3. The number of ether oxygens (including phenoxy) is 1. The molecule has 1 atom stereocenters. The Balaban J connectivity index is 2.04. The first kappa shape index (κ1) is 19.0. The van der Waals surface area contributed by atoms with Gasteiger partial charge in [0.05, 0.1) is 6.04 Å². The molecule has 138 valence electrons. The van der Waals surface area contributed by atoms with Crippen molar-refractivity contribution in [3.8, 4) is 5.75 Å². The molecule has 1 unspecified atom stereocenters. The van der Waals surface area contributed by atoms with E-state index in [1.165, 1.54) is 17.0 Å².